The van der Waals surface area contributed by atoms with E-state index >= 15 is 0 Å². The lowest BCUT2D eigenvalue weighted by atomic mass is 9.81. The number of imide groups is 1. The molecule has 1 aliphatic heterocycles. The second kappa shape index (κ2) is 18.6. The molecule has 5 nitrogen and oxygen atoms in total. The molecule has 200 valence electrons. The molecule has 0 aromatic carbocycles. The van der Waals surface area contributed by atoms with Crippen LogP contribution in [0.5, 0.6) is 0 Å². The molecule has 0 aromatic rings. The van der Waals surface area contributed by atoms with Crippen LogP contribution in [-0.2, 0) is 14.4 Å². The minimum atomic E-state index is -0.200. The zero-order valence-corrected chi connectivity index (χ0v) is 22.5. The summed E-state index contributed by atoms with van der Waals surface area (Å²) in [6, 6.07) is 0. The summed E-state index contributed by atoms with van der Waals surface area (Å²) >= 11 is 0. The number of carbonyl (C=O) groups is 3. The minimum absolute atomic E-state index is 0.0930. The molecule has 1 heterocycles. The first kappa shape index (κ1) is 29.6. The van der Waals surface area contributed by atoms with Crippen molar-refractivity contribution < 1.29 is 14.4 Å². The van der Waals surface area contributed by atoms with E-state index in [0.717, 1.165) is 38.6 Å². The Balaban J connectivity index is 1.34. The van der Waals surface area contributed by atoms with Crippen LogP contribution in [0.4, 0.5) is 0 Å². The number of hydrogen-bond donors (Lipinski definition) is 1. The molecule has 1 aliphatic carbocycles. The van der Waals surface area contributed by atoms with Crippen LogP contribution in [0.25, 0.3) is 0 Å². The summed E-state index contributed by atoms with van der Waals surface area (Å²) < 4.78 is 0. The number of rotatable bonds is 20. The predicted octanol–water partition coefficient (Wildman–Crippen LogP) is 7.10. The zero-order valence-electron chi connectivity index (χ0n) is 22.5. The maximum absolute atomic E-state index is 12.5. The second-order valence-electron chi connectivity index (χ2n) is 10.9. The van der Waals surface area contributed by atoms with Gasteiger partial charge in [-0.05, 0) is 38.0 Å². The van der Waals surface area contributed by atoms with Gasteiger partial charge in [-0.2, -0.15) is 0 Å². The molecule has 35 heavy (non-hydrogen) atoms. The zero-order chi connectivity index (χ0) is 25.1. The summed E-state index contributed by atoms with van der Waals surface area (Å²) in [4.78, 5) is 37.2. The largest absolute Gasteiger partial charge is 0.356 e. The first-order valence-corrected chi connectivity index (χ1v) is 14.9. The predicted molar refractivity (Wildman–Crippen MR) is 144 cm³/mol. The van der Waals surface area contributed by atoms with Crippen LogP contribution in [0, 0.1) is 11.8 Å². The number of carbonyl (C=O) groups excluding carboxylic acids is 3. The maximum Gasteiger partial charge on any atom is 0.253 e. The molecule has 1 fully saturated rings. The molecule has 0 atom stereocenters. The lowest BCUT2D eigenvalue weighted by molar-refractivity contribution is -0.138. The van der Waals surface area contributed by atoms with E-state index in [1.54, 1.807) is 0 Å². The Kier molecular flexibility index (Phi) is 15.7. The average molecular weight is 489 g/mol. The Morgan fingerprint density at radius 2 is 1.14 bits per heavy atom. The van der Waals surface area contributed by atoms with Crippen molar-refractivity contribution in [1.29, 1.82) is 0 Å². The fourth-order valence-corrected chi connectivity index (χ4v) is 5.51. The van der Waals surface area contributed by atoms with E-state index in [4.69, 9.17) is 0 Å². The summed E-state index contributed by atoms with van der Waals surface area (Å²) in [5.74, 6) is 0.212. The molecule has 0 radical (unpaired) electrons. The van der Waals surface area contributed by atoms with Gasteiger partial charge in [-0.15, -0.1) is 0 Å². The van der Waals surface area contributed by atoms with Gasteiger partial charge in [0.25, 0.3) is 11.8 Å². The number of nitrogens with one attached hydrogen (secondary N) is 1. The van der Waals surface area contributed by atoms with Crippen LogP contribution >= 0.6 is 0 Å². The highest BCUT2D eigenvalue weighted by molar-refractivity contribution is 6.12. The standard InChI is InChI=1S/C30H52N2O3/c1-2-3-4-5-6-7-8-9-10-11-12-13-14-15-16-17-24-31-30(35)27-20-18-26(19-21-27)25-32-28(33)22-23-29(32)34/h22-23,26-27H,2-21,24-25H2,1H3,(H,31,35). The van der Waals surface area contributed by atoms with E-state index in [-0.39, 0.29) is 23.6 Å². The Morgan fingerprint density at radius 1 is 0.714 bits per heavy atom. The highest BCUT2D eigenvalue weighted by Gasteiger charge is 2.31. The number of hydrogen-bond acceptors (Lipinski definition) is 3. The van der Waals surface area contributed by atoms with Gasteiger partial charge in [-0.25, -0.2) is 0 Å². The molecule has 0 aromatic heterocycles. The van der Waals surface area contributed by atoms with Gasteiger partial charge in [-0.3, -0.25) is 19.3 Å². The van der Waals surface area contributed by atoms with Crippen LogP contribution in [0.2, 0.25) is 0 Å². The van der Waals surface area contributed by atoms with E-state index in [0.29, 0.717) is 12.5 Å². The molecule has 3 amide bonds. The van der Waals surface area contributed by atoms with Crippen molar-refractivity contribution in [3.05, 3.63) is 12.2 Å². The third-order valence-corrected chi connectivity index (χ3v) is 7.89. The smallest absolute Gasteiger partial charge is 0.253 e. The highest BCUT2D eigenvalue weighted by atomic mass is 16.2. The molecule has 2 aliphatic rings. The Labute approximate surface area is 214 Å². The molecule has 0 spiro atoms. The minimum Gasteiger partial charge on any atom is -0.356 e. The molecule has 1 N–H and O–H groups in total. The van der Waals surface area contributed by atoms with Crippen molar-refractivity contribution in [2.75, 3.05) is 13.1 Å². The molecular formula is C30H52N2O3. The molecule has 1 saturated carbocycles. The van der Waals surface area contributed by atoms with Gasteiger partial charge in [-0.1, -0.05) is 103 Å². The van der Waals surface area contributed by atoms with Gasteiger partial charge in [0.05, 0.1) is 0 Å². The number of nitrogens with zero attached hydrogens (tertiary/aromatic N) is 1. The Morgan fingerprint density at radius 3 is 1.60 bits per heavy atom. The molecule has 0 bridgehead atoms. The second-order valence-corrected chi connectivity index (χ2v) is 10.9. The van der Waals surface area contributed by atoms with Crippen LogP contribution < -0.4 is 5.32 Å². The molecule has 5 heteroatoms. The van der Waals surface area contributed by atoms with Crippen LogP contribution in [0.3, 0.4) is 0 Å². The first-order valence-electron chi connectivity index (χ1n) is 14.9. The Hall–Kier alpha value is -1.65. The molecule has 0 saturated heterocycles. The summed E-state index contributed by atoms with van der Waals surface area (Å²) in [5.41, 5.74) is 0. The van der Waals surface area contributed by atoms with Gasteiger partial charge in [0.15, 0.2) is 0 Å². The highest BCUT2D eigenvalue weighted by Crippen LogP contribution is 2.30. The SMILES string of the molecule is CCCCCCCCCCCCCCCCCCNC(=O)C1CCC(CN2C(=O)C=CC2=O)CC1. The molecule has 0 unspecified atom stereocenters. The third-order valence-electron chi connectivity index (χ3n) is 7.89. The van der Waals surface area contributed by atoms with Crippen LogP contribution in [0.1, 0.15) is 135 Å². The lowest BCUT2D eigenvalue weighted by Gasteiger charge is -2.30. The van der Waals surface area contributed by atoms with Gasteiger partial charge < -0.3 is 5.32 Å². The van der Waals surface area contributed by atoms with Crippen molar-refractivity contribution in [3.8, 4) is 0 Å². The lowest BCUT2D eigenvalue weighted by Crippen LogP contribution is -2.38. The van der Waals surface area contributed by atoms with Gasteiger partial charge in [0.1, 0.15) is 0 Å². The topological polar surface area (TPSA) is 66.5 Å². The maximum atomic E-state index is 12.5. The van der Waals surface area contributed by atoms with E-state index in [2.05, 4.69) is 12.2 Å². The number of amides is 3. The summed E-state index contributed by atoms with van der Waals surface area (Å²) in [6.45, 7) is 3.57. The van der Waals surface area contributed by atoms with E-state index in [9.17, 15) is 14.4 Å². The van der Waals surface area contributed by atoms with E-state index in [1.807, 2.05) is 0 Å². The van der Waals surface area contributed by atoms with Crippen LogP contribution in [0.15, 0.2) is 12.2 Å². The first-order chi connectivity index (χ1) is 17.1. The normalized spacial score (nSPS) is 20.1. The van der Waals surface area contributed by atoms with Crippen molar-refractivity contribution in [2.45, 2.75) is 135 Å². The van der Waals surface area contributed by atoms with E-state index in [1.165, 1.54) is 113 Å². The van der Waals surface area contributed by atoms with Gasteiger partial charge in [0, 0.05) is 31.2 Å². The quantitative estimate of drug-likeness (QED) is 0.147. The average Bonchev–Trinajstić information content (AvgIpc) is 3.18. The molecular weight excluding hydrogens is 436 g/mol. The van der Waals surface area contributed by atoms with Gasteiger partial charge >= 0.3 is 0 Å². The van der Waals surface area contributed by atoms with Crippen LogP contribution in [-0.4, -0.2) is 35.7 Å². The fourth-order valence-electron chi connectivity index (χ4n) is 5.51. The fraction of sp³-hybridized carbons (Fsp3) is 0.833. The third kappa shape index (κ3) is 12.7. The van der Waals surface area contributed by atoms with Crippen molar-refractivity contribution in [3.63, 3.8) is 0 Å². The van der Waals surface area contributed by atoms with E-state index < -0.39 is 0 Å². The summed E-state index contributed by atoms with van der Waals surface area (Å²) in [6.07, 6.45) is 28.0. The summed E-state index contributed by atoms with van der Waals surface area (Å²) in [7, 11) is 0. The number of unbranched alkanes of at least 4 members (excludes halogenated alkanes) is 15. The monoisotopic (exact) mass is 488 g/mol. The van der Waals surface area contributed by atoms with Crippen molar-refractivity contribution >= 4 is 17.7 Å². The summed E-state index contributed by atoms with van der Waals surface area (Å²) in [5, 5.41) is 3.14. The van der Waals surface area contributed by atoms with Crippen molar-refractivity contribution in [1.82, 2.24) is 10.2 Å². The Bertz CT molecular complexity index is 620. The molecule has 2 rings (SSSR count). The van der Waals surface area contributed by atoms with Gasteiger partial charge in [0.2, 0.25) is 5.91 Å². The van der Waals surface area contributed by atoms with Crippen molar-refractivity contribution in [2.24, 2.45) is 11.8 Å².